The van der Waals surface area contributed by atoms with E-state index in [9.17, 15) is 4.79 Å². The first-order valence-electron chi connectivity index (χ1n) is 6.23. The van der Waals surface area contributed by atoms with E-state index >= 15 is 0 Å². The molecule has 21 heavy (non-hydrogen) atoms. The second-order valence-electron chi connectivity index (χ2n) is 4.54. The van der Waals surface area contributed by atoms with Crippen molar-refractivity contribution in [2.24, 2.45) is 0 Å². The van der Waals surface area contributed by atoms with Gasteiger partial charge in [0.2, 0.25) is 0 Å². The van der Waals surface area contributed by atoms with Crippen LogP contribution in [-0.4, -0.2) is 27.3 Å². The number of rotatable bonds is 3. The van der Waals surface area contributed by atoms with Gasteiger partial charge in [0.25, 0.3) is 0 Å². The Balaban J connectivity index is 2.21. The minimum atomic E-state index is -0.927. The number of carboxylic acid groups (broad SMARTS) is 1. The molecule has 0 radical (unpaired) electrons. The molecule has 0 unspecified atom stereocenters. The van der Waals surface area contributed by atoms with Crippen LogP contribution in [0.5, 0.6) is 0 Å². The van der Waals surface area contributed by atoms with Crippen LogP contribution in [0.4, 0.5) is 0 Å². The van der Waals surface area contributed by atoms with Gasteiger partial charge in [0.15, 0.2) is 0 Å². The largest absolute Gasteiger partial charge is 0.478 e. The van der Waals surface area contributed by atoms with Crippen molar-refractivity contribution in [1.82, 2.24) is 9.97 Å². The molecule has 0 saturated carbocycles. The lowest BCUT2D eigenvalue weighted by Crippen LogP contribution is -1.97. The summed E-state index contributed by atoms with van der Waals surface area (Å²) in [5.74, 6) is -0.927. The van der Waals surface area contributed by atoms with Crippen molar-refractivity contribution < 1.29 is 9.90 Å². The number of aryl methyl sites for hydroxylation is 1. The molecule has 0 amide bonds. The third kappa shape index (κ3) is 2.52. The fourth-order valence-corrected chi connectivity index (χ4v) is 3.70. The normalized spacial score (nSPS) is 11.0. The highest BCUT2D eigenvalue weighted by molar-refractivity contribution is 7.98. The summed E-state index contributed by atoms with van der Waals surface area (Å²) in [5, 5.41) is 9.97. The molecule has 0 atom stereocenters. The maximum absolute atomic E-state index is 11.1. The quantitative estimate of drug-likeness (QED) is 0.737. The molecule has 1 N–H and O–H groups in total. The third-order valence-corrected chi connectivity index (χ3v) is 4.97. The lowest BCUT2D eigenvalue weighted by atomic mass is 10.1. The molecular formula is C15H12N2O2S2. The Morgan fingerprint density at radius 2 is 2.14 bits per heavy atom. The van der Waals surface area contributed by atoms with Crippen LogP contribution < -0.4 is 0 Å². The molecule has 3 aromatic rings. The van der Waals surface area contributed by atoms with Crippen LogP contribution in [0.3, 0.4) is 0 Å². The van der Waals surface area contributed by atoms with Crippen molar-refractivity contribution in [3.8, 4) is 10.6 Å². The topological polar surface area (TPSA) is 63.1 Å². The van der Waals surface area contributed by atoms with Gasteiger partial charge in [-0.05, 0) is 30.9 Å². The average Bonchev–Trinajstić information content (AvgIpc) is 2.90. The summed E-state index contributed by atoms with van der Waals surface area (Å²) in [4.78, 5) is 21.1. The summed E-state index contributed by atoms with van der Waals surface area (Å²) in [6.45, 7) is 1.96. The number of hydrogen-bond acceptors (Lipinski definition) is 5. The molecule has 0 spiro atoms. The van der Waals surface area contributed by atoms with Gasteiger partial charge in [-0.1, -0.05) is 6.07 Å². The van der Waals surface area contributed by atoms with Gasteiger partial charge in [-0.25, -0.2) is 9.78 Å². The smallest absolute Gasteiger partial charge is 0.335 e. The number of carboxylic acids is 1. The number of aromatic nitrogens is 2. The fraction of sp³-hybridized carbons (Fsp3) is 0.133. The van der Waals surface area contributed by atoms with Crippen LogP contribution in [-0.2, 0) is 0 Å². The van der Waals surface area contributed by atoms with Crippen molar-refractivity contribution in [3.63, 3.8) is 0 Å². The Bertz CT molecular complexity index is 843. The summed E-state index contributed by atoms with van der Waals surface area (Å²) in [6.07, 6.45) is 5.59. The number of aromatic carboxylic acids is 1. The van der Waals surface area contributed by atoms with Crippen LogP contribution in [0, 0.1) is 6.92 Å². The number of nitrogens with zero attached hydrogens (tertiary/aromatic N) is 2. The first-order valence-corrected chi connectivity index (χ1v) is 8.27. The monoisotopic (exact) mass is 316 g/mol. The van der Waals surface area contributed by atoms with Gasteiger partial charge in [-0.3, -0.25) is 4.98 Å². The van der Waals surface area contributed by atoms with Crippen LogP contribution >= 0.6 is 23.1 Å². The number of thiazole rings is 1. The minimum Gasteiger partial charge on any atom is -0.478 e. The first kappa shape index (κ1) is 14.0. The highest BCUT2D eigenvalue weighted by atomic mass is 32.2. The van der Waals surface area contributed by atoms with E-state index in [1.165, 1.54) is 11.3 Å². The number of fused-ring (bicyclic) bond motifs is 1. The summed E-state index contributed by atoms with van der Waals surface area (Å²) in [5.41, 5.74) is 3.08. The Kier molecular flexibility index (Phi) is 3.65. The third-order valence-electron chi connectivity index (χ3n) is 3.21. The maximum atomic E-state index is 11.1. The van der Waals surface area contributed by atoms with E-state index in [0.29, 0.717) is 0 Å². The molecule has 0 aliphatic carbocycles. The van der Waals surface area contributed by atoms with Crippen LogP contribution in [0.15, 0.2) is 35.5 Å². The van der Waals surface area contributed by atoms with Gasteiger partial charge in [-0.2, -0.15) is 0 Å². The van der Waals surface area contributed by atoms with Gasteiger partial charge in [0, 0.05) is 18.0 Å². The maximum Gasteiger partial charge on any atom is 0.335 e. The molecule has 0 aliphatic heterocycles. The molecule has 2 heterocycles. The Hall–Kier alpha value is -1.92. The van der Waals surface area contributed by atoms with Crippen LogP contribution in [0.1, 0.15) is 15.9 Å². The van der Waals surface area contributed by atoms with Crippen molar-refractivity contribution in [2.75, 3.05) is 6.26 Å². The Morgan fingerprint density at radius 1 is 1.33 bits per heavy atom. The van der Waals surface area contributed by atoms with E-state index in [0.717, 1.165) is 31.2 Å². The zero-order valence-corrected chi connectivity index (χ0v) is 13.1. The predicted molar refractivity (Wildman–Crippen MR) is 86.3 cm³/mol. The molecule has 0 bridgehead atoms. The second-order valence-corrected chi connectivity index (χ2v) is 6.42. The fourth-order valence-electron chi connectivity index (χ4n) is 2.08. The Labute approximate surface area is 129 Å². The van der Waals surface area contributed by atoms with Crippen LogP contribution in [0.25, 0.3) is 20.8 Å². The number of pyridine rings is 1. The summed E-state index contributed by atoms with van der Waals surface area (Å²) < 4.78 is 1.01. The molecule has 2 aromatic heterocycles. The molecule has 4 nitrogen and oxygen atoms in total. The summed E-state index contributed by atoms with van der Waals surface area (Å²) >= 11 is 3.14. The standard InChI is InChI=1S/C15H12N2O2S2/c1-8-3-4-9(15(18)19)5-10(8)14-17-13-11(20-2)6-16-7-12(13)21-14/h3-7H,1-2H3,(H,18,19). The van der Waals surface area contributed by atoms with Crippen molar-refractivity contribution in [3.05, 3.63) is 41.7 Å². The van der Waals surface area contributed by atoms with E-state index in [2.05, 4.69) is 9.97 Å². The van der Waals surface area contributed by atoms with E-state index in [-0.39, 0.29) is 5.56 Å². The van der Waals surface area contributed by atoms with E-state index in [4.69, 9.17) is 5.11 Å². The average molecular weight is 316 g/mol. The first-order chi connectivity index (χ1) is 10.1. The van der Waals surface area contributed by atoms with E-state index in [1.807, 2.05) is 19.2 Å². The summed E-state index contributed by atoms with van der Waals surface area (Å²) in [7, 11) is 0. The zero-order valence-electron chi connectivity index (χ0n) is 11.5. The van der Waals surface area contributed by atoms with Crippen molar-refractivity contribution in [2.45, 2.75) is 11.8 Å². The highest BCUT2D eigenvalue weighted by Gasteiger charge is 2.13. The molecule has 106 valence electrons. The van der Waals surface area contributed by atoms with Gasteiger partial charge >= 0.3 is 5.97 Å². The molecule has 0 aliphatic rings. The predicted octanol–water partition coefficient (Wildman–Crippen LogP) is 4.09. The molecule has 1 aromatic carbocycles. The lowest BCUT2D eigenvalue weighted by Gasteiger charge is -2.03. The molecule has 6 heteroatoms. The zero-order chi connectivity index (χ0) is 15.0. The van der Waals surface area contributed by atoms with E-state index < -0.39 is 5.97 Å². The number of thioether (sulfide) groups is 1. The molecule has 0 fully saturated rings. The molecule has 0 saturated heterocycles. The SMILES string of the molecule is CSc1cncc2sc(-c3cc(C(=O)O)ccc3C)nc12. The number of benzene rings is 1. The van der Waals surface area contributed by atoms with Gasteiger partial charge in [0.05, 0.1) is 20.7 Å². The van der Waals surface area contributed by atoms with E-state index in [1.54, 1.807) is 36.3 Å². The van der Waals surface area contributed by atoms with Crippen LogP contribution in [0.2, 0.25) is 0 Å². The minimum absolute atomic E-state index is 0.276. The van der Waals surface area contributed by atoms with Crippen molar-refractivity contribution in [1.29, 1.82) is 0 Å². The lowest BCUT2D eigenvalue weighted by molar-refractivity contribution is 0.0697. The highest BCUT2D eigenvalue weighted by Crippen LogP contribution is 2.35. The Morgan fingerprint density at radius 3 is 2.86 bits per heavy atom. The second kappa shape index (κ2) is 5.46. The van der Waals surface area contributed by atoms with Gasteiger partial charge < -0.3 is 5.11 Å². The number of carbonyl (C=O) groups is 1. The molecular weight excluding hydrogens is 304 g/mol. The van der Waals surface area contributed by atoms with Gasteiger partial charge in [-0.15, -0.1) is 23.1 Å². The molecule has 3 rings (SSSR count). The van der Waals surface area contributed by atoms with Crippen molar-refractivity contribution >= 4 is 39.3 Å². The number of hydrogen-bond donors (Lipinski definition) is 1. The summed E-state index contributed by atoms with van der Waals surface area (Å²) in [6, 6.07) is 5.11. The van der Waals surface area contributed by atoms with Gasteiger partial charge in [0.1, 0.15) is 5.01 Å².